The molecule has 0 N–H and O–H groups in total. The van der Waals surface area contributed by atoms with Crippen molar-refractivity contribution in [2.75, 3.05) is 26.7 Å². The first-order valence-corrected chi connectivity index (χ1v) is 5.23. The van der Waals surface area contributed by atoms with Crippen molar-refractivity contribution in [2.45, 2.75) is 19.0 Å². The van der Waals surface area contributed by atoms with E-state index in [0.717, 1.165) is 19.6 Å². The van der Waals surface area contributed by atoms with Gasteiger partial charge in [0.25, 0.3) is 0 Å². The average Bonchev–Trinajstić information content (AvgIpc) is 2.44. The van der Waals surface area contributed by atoms with Gasteiger partial charge in [0.15, 0.2) is 5.78 Å². The summed E-state index contributed by atoms with van der Waals surface area (Å²) in [7, 11) is 1.98. The van der Waals surface area contributed by atoms with Gasteiger partial charge in [-0.2, -0.15) is 0 Å². The SMILES string of the molecule is C=C(C)C(=O)CCN1CCN(C)C1Cl. The number of carbonyl (C=O) groups excluding carboxylic acids is 1. The first-order valence-electron chi connectivity index (χ1n) is 4.79. The van der Waals surface area contributed by atoms with Gasteiger partial charge in [-0.15, -0.1) is 0 Å². The summed E-state index contributed by atoms with van der Waals surface area (Å²) in [5, 5.41) is 0. The van der Waals surface area contributed by atoms with Crippen molar-refractivity contribution in [3.63, 3.8) is 0 Å². The van der Waals surface area contributed by atoms with E-state index in [4.69, 9.17) is 11.6 Å². The van der Waals surface area contributed by atoms with Crippen LogP contribution in [-0.2, 0) is 4.79 Å². The Morgan fingerprint density at radius 2 is 2.21 bits per heavy atom. The summed E-state index contributed by atoms with van der Waals surface area (Å²) >= 11 is 6.11. The van der Waals surface area contributed by atoms with Crippen LogP contribution in [0.15, 0.2) is 12.2 Å². The maximum Gasteiger partial charge on any atom is 0.159 e. The standard InChI is InChI=1S/C10H17ClN2O/c1-8(2)9(14)4-5-13-7-6-12(3)10(13)11/h10H,1,4-7H2,2-3H3. The monoisotopic (exact) mass is 216 g/mol. The Hall–Kier alpha value is -0.380. The highest BCUT2D eigenvalue weighted by atomic mass is 35.5. The number of halogens is 1. The van der Waals surface area contributed by atoms with Crippen LogP contribution in [0.2, 0.25) is 0 Å². The van der Waals surface area contributed by atoms with Crippen LogP contribution < -0.4 is 0 Å². The molecule has 1 aliphatic rings. The highest BCUT2D eigenvalue weighted by Gasteiger charge is 2.26. The van der Waals surface area contributed by atoms with Crippen molar-refractivity contribution >= 4 is 17.4 Å². The maximum atomic E-state index is 11.3. The molecule has 1 rings (SSSR count). The third-order valence-electron chi connectivity index (χ3n) is 2.51. The molecule has 0 aromatic carbocycles. The van der Waals surface area contributed by atoms with Gasteiger partial charge in [-0.1, -0.05) is 18.2 Å². The number of hydrogen-bond donors (Lipinski definition) is 0. The van der Waals surface area contributed by atoms with Crippen molar-refractivity contribution in [3.8, 4) is 0 Å². The van der Waals surface area contributed by atoms with Gasteiger partial charge >= 0.3 is 0 Å². The van der Waals surface area contributed by atoms with Gasteiger partial charge in [-0.3, -0.25) is 14.6 Å². The number of likely N-dealkylation sites (N-methyl/N-ethyl adjacent to an activating group) is 1. The van der Waals surface area contributed by atoms with Crippen molar-refractivity contribution in [1.82, 2.24) is 9.80 Å². The zero-order valence-corrected chi connectivity index (χ0v) is 9.55. The fourth-order valence-electron chi connectivity index (χ4n) is 1.45. The normalized spacial score (nSPS) is 24.1. The summed E-state index contributed by atoms with van der Waals surface area (Å²) in [6, 6.07) is 0. The molecule has 1 aliphatic heterocycles. The summed E-state index contributed by atoms with van der Waals surface area (Å²) in [5.41, 5.74) is 0.566. The molecular formula is C10H17ClN2O. The quantitative estimate of drug-likeness (QED) is 0.402. The van der Waals surface area contributed by atoms with Crippen molar-refractivity contribution in [3.05, 3.63) is 12.2 Å². The molecule has 80 valence electrons. The summed E-state index contributed by atoms with van der Waals surface area (Å²) in [4.78, 5) is 15.5. The molecule has 14 heavy (non-hydrogen) atoms. The molecule has 0 bridgehead atoms. The van der Waals surface area contributed by atoms with Gasteiger partial charge in [-0.25, -0.2) is 0 Å². The molecule has 0 aromatic heterocycles. The van der Waals surface area contributed by atoms with Crippen LogP contribution in [0, 0.1) is 0 Å². The Morgan fingerprint density at radius 1 is 1.57 bits per heavy atom. The van der Waals surface area contributed by atoms with Gasteiger partial charge in [0.2, 0.25) is 0 Å². The second-order valence-electron chi connectivity index (χ2n) is 3.78. The number of nitrogens with zero attached hydrogens (tertiary/aromatic N) is 2. The first kappa shape index (κ1) is 11.7. The smallest absolute Gasteiger partial charge is 0.159 e. The van der Waals surface area contributed by atoms with Crippen molar-refractivity contribution in [2.24, 2.45) is 0 Å². The highest BCUT2D eigenvalue weighted by molar-refractivity contribution is 6.20. The lowest BCUT2D eigenvalue weighted by Crippen LogP contribution is -2.33. The Bertz CT molecular complexity index is 242. The molecule has 0 aliphatic carbocycles. The van der Waals surface area contributed by atoms with Gasteiger partial charge in [0.1, 0.15) is 5.62 Å². The molecule has 0 amide bonds. The molecule has 1 fully saturated rings. The summed E-state index contributed by atoms with van der Waals surface area (Å²) in [6.07, 6.45) is 0.520. The number of rotatable bonds is 4. The van der Waals surface area contributed by atoms with Crippen molar-refractivity contribution < 1.29 is 4.79 Å². The second-order valence-corrected chi connectivity index (χ2v) is 4.17. The van der Waals surface area contributed by atoms with E-state index in [-0.39, 0.29) is 11.4 Å². The maximum absolute atomic E-state index is 11.3. The van der Waals surface area contributed by atoms with Gasteiger partial charge in [0.05, 0.1) is 0 Å². The van der Waals surface area contributed by atoms with Crippen molar-refractivity contribution in [1.29, 1.82) is 0 Å². The highest BCUT2D eigenvalue weighted by Crippen LogP contribution is 2.16. The Morgan fingerprint density at radius 3 is 2.64 bits per heavy atom. The van der Waals surface area contributed by atoms with Crippen LogP contribution in [0.5, 0.6) is 0 Å². The molecule has 0 spiro atoms. The number of carbonyl (C=O) groups is 1. The van der Waals surface area contributed by atoms with E-state index in [0.29, 0.717) is 12.0 Å². The molecule has 1 unspecified atom stereocenters. The molecule has 0 aromatic rings. The van der Waals surface area contributed by atoms with Gasteiger partial charge in [0, 0.05) is 26.1 Å². The zero-order chi connectivity index (χ0) is 10.7. The minimum absolute atomic E-state index is 0.0621. The number of allylic oxidation sites excluding steroid dienone is 1. The minimum Gasteiger partial charge on any atom is -0.295 e. The third kappa shape index (κ3) is 2.80. The summed E-state index contributed by atoms with van der Waals surface area (Å²) in [5.74, 6) is 0.128. The molecule has 1 saturated heterocycles. The minimum atomic E-state index is -0.0621. The lowest BCUT2D eigenvalue weighted by Gasteiger charge is -2.21. The van der Waals surface area contributed by atoms with E-state index in [1.54, 1.807) is 6.92 Å². The lowest BCUT2D eigenvalue weighted by molar-refractivity contribution is -0.115. The molecule has 1 atom stereocenters. The number of Topliss-reactive ketones (excluding diaryl/α,β-unsaturated/α-hetero) is 1. The van der Waals surface area contributed by atoms with E-state index < -0.39 is 0 Å². The zero-order valence-electron chi connectivity index (χ0n) is 8.79. The molecular weight excluding hydrogens is 200 g/mol. The van der Waals surface area contributed by atoms with Crippen LogP contribution in [0.25, 0.3) is 0 Å². The van der Waals surface area contributed by atoms with Crippen LogP contribution >= 0.6 is 11.6 Å². The van der Waals surface area contributed by atoms with Crippen LogP contribution in [-0.4, -0.2) is 47.9 Å². The predicted molar refractivity (Wildman–Crippen MR) is 58.3 cm³/mol. The van der Waals surface area contributed by atoms with E-state index >= 15 is 0 Å². The molecule has 0 saturated carbocycles. The number of alkyl halides is 1. The van der Waals surface area contributed by atoms with E-state index in [2.05, 4.69) is 16.4 Å². The van der Waals surface area contributed by atoms with E-state index in [1.165, 1.54) is 0 Å². The first-order chi connectivity index (χ1) is 6.52. The summed E-state index contributed by atoms with van der Waals surface area (Å²) in [6.45, 7) is 8.00. The fraction of sp³-hybridized carbons (Fsp3) is 0.700. The number of ketones is 1. The summed E-state index contributed by atoms with van der Waals surface area (Å²) < 4.78 is 0. The Labute approximate surface area is 90.3 Å². The topological polar surface area (TPSA) is 23.6 Å². The molecule has 1 heterocycles. The third-order valence-corrected chi connectivity index (χ3v) is 3.12. The van der Waals surface area contributed by atoms with E-state index in [1.807, 2.05) is 7.05 Å². The molecule has 0 radical (unpaired) electrons. The van der Waals surface area contributed by atoms with E-state index in [9.17, 15) is 4.79 Å². The lowest BCUT2D eigenvalue weighted by atomic mass is 10.1. The molecule has 3 nitrogen and oxygen atoms in total. The Balaban J connectivity index is 2.32. The second kappa shape index (κ2) is 4.91. The van der Waals surface area contributed by atoms with Crippen LogP contribution in [0.1, 0.15) is 13.3 Å². The largest absolute Gasteiger partial charge is 0.295 e. The van der Waals surface area contributed by atoms with Crippen LogP contribution in [0.3, 0.4) is 0 Å². The van der Waals surface area contributed by atoms with Gasteiger partial charge < -0.3 is 0 Å². The average molecular weight is 217 g/mol. The number of hydrogen-bond acceptors (Lipinski definition) is 3. The van der Waals surface area contributed by atoms with Gasteiger partial charge in [-0.05, 0) is 19.5 Å². The van der Waals surface area contributed by atoms with Crippen LogP contribution in [0.4, 0.5) is 0 Å². The molecule has 4 heteroatoms. The Kier molecular flexibility index (Phi) is 4.11. The fourth-order valence-corrected chi connectivity index (χ4v) is 1.75. The predicted octanol–water partition coefficient (Wildman–Crippen LogP) is 1.29.